The predicted molar refractivity (Wildman–Crippen MR) is 41.3 cm³/mol. The lowest BCUT2D eigenvalue weighted by Gasteiger charge is -2.07. The summed E-state index contributed by atoms with van der Waals surface area (Å²) in [5, 5.41) is 0. The average molecular weight is 146 g/mol. The Balaban J connectivity index is 3.83. The Labute approximate surface area is 59.3 Å². The van der Waals surface area contributed by atoms with E-state index in [1.54, 1.807) is 7.11 Å². The largest absolute Gasteiger partial charge is 0.470 e. The highest BCUT2D eigenvalue weighted by molar-refractivity contribution is 6.08. The molecule has 0 amide bonds. The molecule has 0 aliphatic heterocycles. The van der Waals surface area contributed by atoms with Crippen LogP contribution < -0.4 is 0 Å². The topological polar surface area (TPSA) is 18.5 Å². The molecule has 0 aromatic rings. The van der Waals surface area contributed by atoms with E-state index in [-0.39, 0.29) is 0 Å². The number of rotatable bonds is 3. The van der Waals surface area contributed by atoms with Gasteiger partial charge in [0.25, 0.3) is 5.95 Å². The van der Waals surface area contributed by atoms with Crippen LogP contribution in [0.25, 0.3) is 0 Å². The molecule has 0 saturated heterocycles. The Morgan fingerprint density at radius 3 is 2.11 bits per heavy atom. The first-order chi connectivity index (χ1) is 4.22. The van der Waals surface area contributed by atoms with Crippen LogP contribution in [0.1, 0.15) is 13.8 Å². The summed E-state index contributed by atoms with van der Waals surface area (Å²) in [6, 6.07) is 0. The van der Waals surface area contributed by atoms with Crippen LogP contribution in [0.4, 0.5) is 0 Å². The lowest BCUT2D eigenvalue weighted by molar-refractivity contribution is 0.0810. The van der Waals surface area contributed by atoms with Gasteiger partial charge in [0.05, 0.1) is 23.6 Å². The van der Waals surface area contributed by atoms with Gasteiger partial charge in [0.15, 0.2) is 0 Å². The third-order valence-corrected chi connectivity index (χ3v) is 1.16. The first-order valence-electron chi connectivity index (χ1n) is 3.06. The van der Waals surface area contributed by atoms with E-state index in [1.807, 2.05) is 13.8 Å². The number of hydrogen-bond acceptors (Lipinski definition) is 2. The molecular weight excluding hydrogens is 132 g/mol. The third kappa shape index (κ3) is 3.19. The lowest BCUT2D eigenvalue weighted by Crippen LogP contribution is -1.98. The van der Waals surface area contributed by atoms with Crippen LogP contribution in [-0.4, -0.2) is 23.6 Å². The van der Waals surface area contributed by atoms with Crippen molar-refractivity contribution < 1.29 is 9.47 Å². The summed E-state index contributed by atoms with van der Waals surface area (Å²) >= 11 is 0. The van der Waals surface area contributed by atoms with Gasteiger partial charge in [-0.15, -0.1) is 0 Å². The van der Waals surface area contributed by atoms with Gasteiger partial charge in [0, 0.05) is 5.57 Å². The smallest absolute Gasteiger partial charge is 0.277 e. The van der Waals surface area contributed by atoms with Crippen molar-refractivity contribution in [2.45, 2.75) is 13.8 Å². The number of methoxy groups -OCH3 is 1. The van der Waals surface area contributed by atoms with E-state index >= 15 is 0 Å². The van der Waals surface area contributed by atoms with E-state index in [4.69, 9.17) is 9.47 Å². The molecule has 0 saturated carbocycles. The molecule has 9 heavy (non-hydrogen) atoms. The summed E-state index contributed by atoms with van der Waals surface area (Å²) in [6.07, 6.45) is 0.800. The van der Waals surface area contributed by atoms with Crippen LogP contribution in [0.15, 0.2) is 11.5 Å². The Kier molecular flexibility index (Phi) is 4.22. The van der Waals surface area contributed by atoms with Gasteiger partial charge in [-0.25, -0.2) is 0 Å². The maximum Gasteiger partial charge on any atom is 0.277 e. The summed E-state index contributed by atoms with van der Waals surface area (Å²) in [7, 11) is 2.68. The van der Waals surface area contributed by atoms with Gasteiger partial charge in [-0.1, -0.05) is 0 Å². The predicted octanol–water partition coefficient (Wildman–Crippen LogP) is 0.224. The Hall–Kier alpha value is -0.443. The lowest BCUT2D eigenvalue weighted by atomic mass is 10.4. The fourth-order valence-corrected chi connectivity index (χ4v) is 0.801. The maximum atomic E-state index is 5.17. The summed E-state index contributed by atoms with van der Waals surface area (Å²) < 4.78 is 10.1. The zero-order valence-electron chi connectivity index (χ0n) is 6.52. The molecule has 3 heteroatoms. The summed E-state index contributed by atoms with van der Waals surface area (Å²) in [5.74, 6) is 0.671. The molecule has 54 valence electrons. The standard InChI is InChI=1S/C6H14O2Si/c1-5(2)6(7-3)8-4-9/h4H2,1-3,9H3. The third-order valence-electron chi connectivity index (χ3n) is 0.869. The number of allylic oxidation sites excluding steroid dienone is 1. The van der Waals surface area contributed by atoms with E-state index in [1.165, 1.54) is 0 Å². The molecule has 0 heterocycles. The second-order valence-electron chi connectivity index (χ2n) is 1.92. The minimum atomic E-state index is 0.671. The minimum absolute atomic E-state index is 0.671. The first-order valence-corrected chi connectivity index (χ1v) is 4.48. The highest BCUT2D eigenvalue weighted by Gasteiger charge is 1.95. The van der Waals surface area contributed by atoms with Crippen LogP contribution in [0.2, 0.25) is 0 Å². The minimum Gasteiger partial charge on any atom is -0.470 e. The van der Waals surface area contributed by atoms with Gasteiger partial charge >= 0.3 is 0 Å². The molecule has 0 aromatic heterocycles. The Bertz CT molecular complexity index is 106. The normalized spacial score (nSPS) is 8.78. The molecular formula is C6H14O2Si. The van der Waals surface area contributed by atoms with Crippen molar-refractivity contribution in [1.82, 2.24) is 0 Å². The Morgan fingerprint density at radius 1 is 1.44 bits per heavy atom. The van der Waals surface area contributed by atoms with E-state index in [0.717, 1.165) is 22.0 Å². The second kappa shape index (κ2) is 4.44. The number of hydrogen-bond donors (Lipinski definition) is 0. The van der Waals surface area contributed by atoms with Crippen molar-refractivity contribution in [3.05, 3.63) is 11.5 Å². The van der Waals surface area contributed by atoms with Crippen LogP contribution in [0.3, 0.4) is 0 Å². The van der Waals surface area contributed by atoms with Gasteiger partial charge in [-0.05, 0) is 13.8 Å². The van der Waals surface area contributed by atoms with E-state index in [9.17, 15) is 0 Å². The van der Waals surface area contributed by atoms with E-state index in [0.29, 0.717) is 5.95 Å². The van der Waals surface area contributed by atoms with Crippen molar-refractivity contribution in [3.8, 4) is 0 Å². The molecule has 0 aromatic carbocycles. The molecule has 0 bridgehead atoms. The summed E-state index contributed by atoms with van der Waals surface area (Å²) in [4.78, 5) is 0. The van der Waals surface area contributed by atoms with Gasteiger partial charge in [-0.3, -0.25) is 0 Å². The van der Waals surface area contributed by atoms with Crippen molar-refractivity contribution in [2.24, 2.45) is 0 Å². The second-order valence-corrected chi connectivity index (χ2v) is 2.50. The molecule has 0 unspecified atom stereocenters. The molecule has 0 fully saturated rings. The van der Waals surface area contributed by atoms with Crippen LogP contribution in [-0.2, 0) is 9.47 Å². The van der Waals surface area contributed by atoms with Crippen LogP contribution >= 0.6 is 0 Å². The molecule has 0 radical (unpaired) electrons. The molecule has 0 aliphatic rings. The molecule has 0 rings (SSSR count). The van der Waals surface area contributed by atoms with Crippen LogP contribution in [0.5, 0.6) is 0 Å². The van der Waals surface area contributed by atoms with Gasteiger partial charge in [0.1, 0.15) is 0 Å². The van der Waals surface area contributed by atoms with Gasteiger partial charge in [-0.2, -0.15) is 0 Å². The zero-order chi connectivity index (χ0) is 7.28. The van der Waals surface area contributed by atoms with Gasteiger partial charge in [0.2, 0.25) is 0 Å². The monoisotopic (exact) mass is 146 g/mol. The van der Waals surface area contributed by atoms with Crippen molar-refractivity contribution in [1.29, 1.82) is 0 Å². The zero-order valence-corrected chi connectivity index (χ0v) is 8.52. The quantitative estimate of drug-likeness (QED) is 0.419. The van der Waals surface area contributed by atoms with Crippen LogP contribution in [0, 0.1) is 0 Å². The fraction of sp³-hybridized carbons (Fsp3) is 0.667. The first kappa shape index (κ1) is 8.56. The molecule has 2 nitrogen and oxygen atoms in total. The summed E-state index contributed by atoms with van der Waals surface area (Å²) in [5.41, 5.74) is 1.09. The average Bonchev–Trinajstić information content (AvgIpc) is 1.82. The van der Waals surface area contributed by atoms with Crippen molar-refractivity contribution in [2.75, 3.05) is 13.3 Å². The SMILES string of the molecule is COC(OC[SiH3])=C(C)C. The van der Waals surface area contributed by atoms with E-state index < -0.39 is 0 Å². The molecule has 0 N–H and O–H groups in total. The van der Waals surface area contributed by atoms with Crippen molar-refractivity contribution >= 4 is 10.2 Å². The van der Waals surface area contributed by atoms with Crippen molar-refractivity contribution in [3.63, 3.8) is 0 Å². The van der Waals surface area contributed by atoms with E-state index in [2.05, 4.69) is 0 Å². The highest BCUT2D eigenvalue weighted by atomic mass is 28.1. The number of ether oxygens (including phenoxy) is 2. The fourth-order valence-electron chi connectivity index (χ4n) is 0.538. The summed E-state index contributed by atoms with van der Waals surface area (Å²) in [6.45, 7) is 3.94. The Morgan fingerprint density at radius 2 is 2.00 bits per heavy atom. The molecule has 0 atom stereocenters. The molecule has 0 spiro atoms. The highest BCUT2D eigenvalue weighted by Crippen LogP contribution is 2.03. The maximum absolute atomic E-state index is 5.17. The van der Waals surface area contributed by atoms with Gasteiger partial charge < -0.3 is 9.47 Å². The molecule has 0 aliphatic carbocycles.